The van der Waals surface area contributed by atoms with E-state index in [0.717, 1.165) is 6.04 Å². The lowest BCUT2D eigenvalue weighted by molar-refractivity contribution is 0.259. The average Bonchev–Trinajstić information content (AvgIpc) is 2.16. The molecule has 0 bridgehead atoms. The summed E-state index contributed by atoms with van der Waals surface area (Å²) in [7, 11) is 2.24. The molecule has 94 valence electrons. The number of nitrogens with zero attached hydrogens (tertiary/aromatic N) is 1. The number of hydrogen-bond acceptors (Lipinski definition) is 2. The van der Waals surface area contributed by atoms with Crippen LogP contribution in [0.3, 0.4) is 0 Å². The Hall–Kier alpha value is 0.500. The quantitative estimate of drug-likeness (QED) is 0.814. The van der Waals surface area contributed by atoms with E-state index in [1.165, 1.54) is 51.7 Å². The highest BCUT2D eigenvalue weighted by atomic mass is 35.5. The lowest BCUT2D eigenvalue weighted by Gasteiger charge is -2.28. The summed E-state index contributed by atoms with van der Waals surface area (Å²) in [6, 6.07) is 0.760. The Kier molecular flexibility index (Phi) is 13.1. The van der Waals surface area contributed by atoms with Crippen molar-refractivity contribution in [3.63, 3.8) is 0 Å². The molecule has 1 saturated heterocycles. The summed E-state index contributed by atoms with van der Waals surface area (Å²) >= 11 is 0. The first-order chi connectivity index (χ1) is 6.33. The van der Waals surface area contributed by atoms with Crippen LogP contribution in [-0.4, -0.2) is 37.6 Å². The van der Waals surface area contributed by atoms with Crippen molar-refractivity contribution in [2.45, 2.75) is 45.1 Å². The van der Waals surface area contributed by atoms with Gasteiger partial charge in [-0.05, 0) is 39.4 Å². The minimum absolute atomic E-state index is 0. The molecule has 0 aromatic heterocycles. The fourth-order valence-corrected chi connectivity index (χ4v) is 1.98. The Morgan fingerprint density at radius 1 is 1.27 bits per heavy atom. The molecule has 4 heteroatoms. The molecule has 1 unspecified atom stereocenters. The molecule has 0 spiro atoms. The summed E-state index contributed by atoms with van der Waals surface area (Å²) in [5.41, 5.74) is 0. The standard InChI is InChI=1S/C11H24N2.2ClH/c1-3-4-9-13(2)10-11-7-5-6-8-12-11;;/h11-12H,3-10H2,1-2H3;2*1H. The third kappa shape index (κ3) is 8.32. The van der Waals surface area contributed by atoms with Gasteiger partial charge in [-0.1, -0.05) is 19.8 Å². The van der Waals surface area contributed by atoms with E-state index in [1.807, 2.05) is 0 Å². The third-order valence-corrected chi connectivity index (χ3v) is 2.84. The number of hydrogen-bond donors (Lipinski definition) is 1. The lowest BCUT2D eigenvalue weighted by Crippen LogP contribution is -2.42. The van der Waals surface area contributed by atoms with Crippen LogP contribution in [0.15, 0.2) is 0 Å². The van der Waals surface area contributed by atoms with Crippen LogP contribution >= 0.6 is 24.8 Å². The number of nitrogens with one attached hydrogen (secondary N) is 1. The minimum Gasteiger partial charge on any atom is -0.313 e. The summed E-state index contributed by atoms with van der Waals surface area (Å²) in [4.78, 5) is 2.46. The SMILES string of the molecule is CCCCN(C)CC1CCCCN1.Cl.Cl. The van der Waals surface area contributed by atoms with Gasteiger partial charge in [0.2, 0.25) is 0 Å². The van der Waals surface area contributed by atoms with Gasteiger partial charge >= 0.3 is 0 Å². The number of unbranched alkanes of at least 4 members (excludes halogenated alkanes) is 1. The van der Waals surface area contributed by atoms with Crippen LogP contribution in [0.25, 0.3) is 0 Å². The van der Waals surface area contributed by atoms with Crippen LogP contribution in [0.5, 0.6) is 0 Å². The second-order valence-electron chi connectivity index (χ2n) is 4.26. The molecule has 1 rings (SSSR count). The minimum atomic E-state index is 0. The highest BCUT2D eigenvalue weighted by Crippen LogP contribution is 2.07. The van der Waals surface area contributed by atoms with Gasteiger partial charge in [0.25, 0.3) is 0 Å². The fraction of sp³-hybridized carbons (Fsp3) is 1.00. The molecular formula is C11H26Cl2N2. The van der Waals surface area contributed by atoms with E-state index < -0.39 is 0 Å². The maximum Gasteiger partial charge on any atom is 0.0194 e. The van der Waals surface area contributed by atoms with Gasteiger partial charge in [0, 0.05) is 12.6 Å². The topological polar surface area (TPSA) is 15.3 Å². The smallest absolute Gasteiger partial charge is 0.0194 e. The zero-order valence-corrected chi connectivity index (χ0v) is 11.6. The molecular weight excluding hydrogens is 231 g/mol. The van der Waals surface area contributed by atoms with E-state index in [4.69, 9.17) is 0 Å². The predicted octanol–water partition coefficient (Wildman–Crippen LogP) is 2.70. The third-order valence-electron chi connectivity index (χ3n) is 2.84. The van der Waals surface area contributed by atoms with Gasteiger partial charge in [0.15, 0.2) is 0 Å². The molecule has 2 nitrogen and oxygen atoms in total. The highest BCUT2D eigenvalue weighted by molar-refractivity contribution is 5.85. The number of piperidine rings is 1. The number of likely N-dealkylation sites (N-methyl/N-ethyl adjacent to an activating group) is 1. The summed E-state index contributed by atoms with van der Waals surface area (Å²) in [5, 5.41) is 3.58. The molecule has 1 aliphatic heterocycles. The molecule has 1 aliphatic rings. The molecule has 15 heavy (non-hydrogen) atoms. The summed E-state index contributed by atoms with van der Waals surface area (Å²) < 4.78 is 0. The van der Waals surface area contributed by atoms with Crippen LogP contribution < -0.4 is 5.32 Å². The molecule has 0 aliphatic carbocycles. The Bertz CT molecular complexity index is 128. The second-order valence-corrected chi connectivity index (χ2v) is 4.26. The van der Waals surface area contributed by atoms with E-state index >= 15 is 0 Å². The molecule has 0 amide bonds. The normalized spacial score (nSPS) is 20.6. The van der Waals surface area contributed by atoms with Crippen molar-refractivity contribution in [1.29, 1.82) is 0 Å². The van der Waals surface area contributed by atoms with E-state index in [2.05, 4.69) is 24.2 Å². The van der Waals surface area contributed by atoms with E-state index in [-0.39, 0.29) is 24.8 Å². The van der Waals surface area contributed by atoms with Crippen molar-refractivity contribution in [3.8, 4) is 0 Å². The van der Waals surface area contributed by atoms with Gasteiger partial charge in [0.05, 0.1) is 0 Å². The number of halogens is 2. The first-order valence-corrected chi connectivity index (χ1v) is 5.75. The maximum absolute atomic E-state index is 3.58. The Morgan fingerprint density at radius 2 is 2.00 bits per heavy atom. The monoisotopic (exact) mass is 256 g/mol. The van der Waals surface area contributed by atoms with Crippen LogP contribution in [-0.2, 0) is 0 Å². The Labute approximate surface area is 107 Å². The van der Waals surface area contributed by atoms with Gasteiger partial charge in [-0.2, -0.15) is 0 Å². The first kappa shape index (κ1) is 17.9. The van der Waals surface area contributed by atoms with E-state index in [0.29, 0.717) is 0 Å². The Morgan fingerprint density at radius 3 is 2.53 bits per heavy atom. The molecule has 0 aromatic carbocycles. The molecule has 0 radical (unpaired) electrons. The van der Waals surface area contributed by atoms with Gasteiger partial charge < -0.3 is 10.2 Å². The second kappa shape index (κ2) is 11.0. The average molecular weight is 257 g/mol. The van der Waals surface area contributed by atoms with Gasteiger partial charge in [-0.25, -0.2) is 0 Å². The molecule has 1 fully saturated rings. The predicted molar refractivity (Wildman–Crippen MR) is 72.5 cm³/mol. The van der Waals surface area contributed by atoms with Crippen molar-refractivity contribution in [2.24, 2.45) is 0 Å². The summed E-state index contributed by atoms with van der Waals surface area (Å²) in [5.74, 6) is 0. The lowest BCUT2D eigenvalue weighted by atomic mass is 10.0. The zero-order valence-electron chi connectivity index (χ0n) is 10.00. The Balaban J connectivity index is 0. The van der Waals surface area contributed by atoms with Crippen LogP contribution in [0.4, 0.5) is 0 Å². The molecule has 1 N–H and O–H groups in total. The van der Waals surface area contributed by atoms with E-state index in [9.17, 15) is 0 Å². The van der Waals surface area contributed by atoms with Crippen molar-refractivity contribution < 1.29 is 0 Å². The van der Waals surface area contributed by atoms with Gasteiger partial charge in [-0.15, -0.1) is 24.8 Å². The van der Waals surface area contributed by atoms with Crippen molar-refractivity contribution in [3.05, 3.63) is 0 Å². The molecule has 1 heterocycles. The summed E-state index contributed by atoms with van der Waals surface area (Å²) in [6.07, 6.45) is 6.80. The fourth-order valence-electron chi connectivity index (χ4n) is 1.98. The van der Waals surface area contributed by atoms with Crippen molar-refractivity contribution in [2.75, 3.05) is 26.7 Å². The van der Waals surface area contributed by atoms with Crippen molar-refractivity contribution >= 4 is 24.8 Å². The zero-order chi connectivity index (χ0) is 9.52. The largest absolute Gasteiger partial charge is 0.313 e. The molecule has 1 atom stereocenters. The highest BCUT2D eigenvalue weighted by Gasteiger charge is 2.13. The van der Waals surface area contributed by atoms with Gasteiger partial charge in [0.1, 0.15) is 0 Å². The van der Waals surface area contributed by atoms with Crippen LogP contribution in [0.2, 0.25) is 0 Å². The maximum atomic E-state index is 3.58. The van der Waals surface area contributed by atoms with E-state index in [1.54, 1.807) is 0 Å². The molecule has 0 aromatic rings. The van der Waals surface area contributed by atoms with Crippen LogP contribution in [0, 0.1) is 0 Å². The van der Waals surface area contributed by atoms with Gasteiger partial charge in [-0.3, -0.25) is 0 Å². The van der Waals surface area contributed by atoms with Crippen molar-refractivity contribution in [1.82, 2.24) is 10.2 Å². The summed E-state index contributed by atoms with van der Waals surface area (Å²) in [6.45, 7) is 5.98. The molecule has 0 saturated carbocycles. The number of rotatable bonds is 5. The first-order valence-electron chi connectivity index (χ1n) is 5.75. The van der Waals surface area contributed by atoms with Crippen LogP contribution in [0.1, 0.15) is 39.0 Å².